The predicted octanol–water partition coefficient (Wildman–Crippen LogP) is 8.99. The molecule has 2 aromatic carbocycles. The minimum Gasteiger partial charge on any atom is -0.459 e. The third kappa shape index (κ3) is 6.38. The topological polar surface area (TPSA) is 91.9 Å². The number of rotatable bonds is 10. The van der Waals surface area contributed by atoms with Gasteiger partial charge in [-0.2, -0.15) is 10.2 Å². The number of ether oxygens (including phenoxy) is 1. The molecule has 0 aliphatic heterocycles. The molecule has 0 bridgehead atoms. The fourth-order valence-corrected chi connectivity index (χ4v) is 5.23. The molecule has 0 saturated heterocycles. The maximum absolute atomic E-state index is 12.2. The number of esters is 1. The van der Waals surface area contributed by atoms with Gasteiger partial charge in [0.05, 0.1) is 27.9 Å². The summed E-state index contributed by atoms with van der Waals surface area (Å²) in [7, 11) is 0. The van der Waals surface area contributed by atoms with Gasteiger partial charge in [0.25, 0.3) is 0 Å². The zero-order valence-electron chi connectivity index (χ0n) is 20.7. The van der Waals surface area contributed by atoms with Crippen molar-refractivity contribution in [3.63, 3.8) is 0 Å². The maximum Gasteiger partial charge on any atom is 0.348 e. The highest BCUT2D eigenvalue weighted by molar-refractivity contribution is 7.29. The normalized spacial score (nSPS) is 12.6. The number of hydrogen-bond acceptors (Lipinski definition) is 10. The smallest absolute Gasteiger partial charge is 0.348 e. The molecule has 0 spiro atoms. The lowest BCUT2D eigenvalue weighted by Gasteiger charge is -2.20. The monoisotopic (exact) mass is 520 g/mol. The van der Waals surface area contributed by atoms with Gasteiger partial charge in [0.2, 0.25) is 5.13 Å². The molecule has 1 atom stereocenters. The Labute approximate surface area is 218 Å². The standard InChI is InChI=1S/C26H28N6O2S2/c1-5-17(4)34-25(33)23-16-22-24(35-23)27-26(36-22)31-30-19-10-8-18(9-11-19)28-29-20-12-14-21(15-13-20)32(6-2)7-3/h8-17H,5-7H2,1-4H3. The van der Waals surface area contributed by atoms with E-state index in [0.717, 1.165) is 40.4 Å². The highest BCUT2D eigenvalue weighted by Gasteiger charge is 2.17. The van der Waals surface area contributed by atoms with Crippen molar-refractivity contribution in [2.75, 3.05) is 18.0 Å². The SMILES string of the molecule is CCC(C)OC(=O)c1cc2sc(N=Nc3ccc(N=Nc4ccc(N(CC)CC)cc4)cc3)nc2s1. The lowest BCUT2D eigenvalue weighted by Crippen LogP contribution is -2.21. The van der Waals surface area contributed by atoms with E-state index in [1.54, 1.807) is 6.07 Å². The van der Waals surface area contributed by atoms with Crippen LogP contribution in [0.2, 0.25) is 0 Å². The van der Waals surface area contributed by atoms with Crippen molar-refractivity contribution < 1.29 is 9.53 Å². The minimum absolute atomic E-state index is 0.105. The van der Waals surface area contributed by atoms with E-state index >= 15 is 0 Å². The summed E-state index contributed by atoms with van der Waals surface area (Å²) in [6.07, 6.45) is 0.676. The van der Waals surface area contributed by atoms with Crippen LogP contribution in [0.4, 0.5) is 27.9 Å². The zero-order valence-corrected chi connectivity index (χ0v) is 22.3. The van der Waals surface area contributed by atoms with Gasteiger partial charge >= 0.3 is 5.97 Å². The Morgan fingerprint density at radius 1 is 0.889 bits per heavy atom. The molecule has 0 N–H and O–H groups in total. The molecule has 0 fully saturated rings. The number of aromatic nitrogens is 1. The molecule has 1 unspecified atom stereocenters. The Bertz CT molecular complexity index is 1320. The van der Waals surface area contributed by atoms with Gasteiger partial charge in [0, 0.05) is 18.8 Å². The summed E-state index contributed by atoms with van der Waals surface area (Å²) in [5.41, 5.74) is 3.40. The number of fused-ring (bicyclic) bond motifs is 1. The average Bonchev–Trinajstić information content (AvgIpc) is 3.47. The van der Waals surface area contributed by atoms with Crippen LogP contribution in [0.5, 0.6) is 0 Å². The van der Waals surface area contributed by atoms with Crippen LogP contribution < -0.4 is 4.90 Å². The second kappa shape index (κ2) is 12.0. The molecule has 2 aromatic heterocycles. The number of azo groups is 2. The largest absolute Gasteiger partial charge is 0.459 e. The summed E-state index contributed by atoms with van der Waals surface area (Å²) in [6.45, 7) is 10.1. The summed E-state index contributed by atoms with van der Waals surface area (Å²) in [5, 5.41) is 17.7. The quantitative estimate of drug-likeness (QED) is 0.154. The first-order chi connectivity index (χ1) is 17.5. The average molecular weight is 521 g/mol. The molecule has 186 valence electrons. The summed E-state index contributed by atoms with van der Waals surface area (Å²) >= 11 is 2.70. The second-order valence-electron chi connectivity index (χ2n) is 8.01. The van der Waals surface area contributed by atoms with Crippen LogP contribution in [-0.4, -0.2) is 30.1 Å². The van der Waals surface area contributed by atoms with Gasteiger partial charge < -0.3 is 9.64 Å². The van der Waals surface area contributed by atoms with E-state index in [9.17, 15) is 4.79 Å². The maximum atomic E-state index is 12.2. The molecule has 4 aromatic rings. The summed E-state index contributed by atoms with van der Waals surface area (Å²) in [6, 6.07) is 17.2. The van der Waals surface area contributed by atoms with E-state index < -0.39 is 0 Å². The number of hydrogen-bond donors (Lipinski definition) is 0. The van der Waals surface area contributed by atoms with E-state index in [2.05, 4.69) is 56.3 Å². The van der Waals surface area contributed by atoms with E-state index in [0.29, 0.717) is 15.7 Å². The van der Waals surface area contributed by atoms with Gasteiger partial charge in [0.1, 0.15) is 9.71 Å². The fraction of sp³-hybridized carbons (Fsp3) is 0.308. The van der Waals surface area contributed by atoms with Crippen molar-refractivity contribution in [1.82, 2.24) is 4.98 Å². The van der Waals surface area contributed by atoms with Gasteiger partial charge in [-0.25, -0.2) is 9.78 Å². The van der Waals surface area contributed by atoms with Crippen LogP contribution in [-0.2, 0) is 4.74 Å². The molecule has 8 nitrogen and oxygen atoms in total. The zero-order chi connectivity index (χ0) is 25.5. The number of thiazole rings is 1. The Kier molecular flexibility index (Phi) is 8.50. The van der Waals surface area contributed by atoms with Crippen LogP contribution in [0.25, 0.3) is 9.53 Å². The van der Waals surface area contributed by atoms with Crippen molar-refractivity contribution in [3.05, 3.63) is 59.5 Å². The van der Waals surface area contributed by atoms with Gasteiger partial charge in [-0.15, -0.1) is 21.6 Å². The molecule has 0 aliphatic rings. The molecule has 0 aliphatic carbocycles. The van der Waals surface area contributed by atoms with Crippen molar-refractivity contribution in [2.24, 2.45) is 20.5 Å². The highest BCUT2D eigenvalue weighted by Crippen LogP contribution is 2.35. The first-order valence-corrected chi connectivity index (χ1v) is 13.5. The molecule has 2 heterocycles. The van der Waals surface area contributed by atoms with E-state index in [4.69, 9.17) is 4.74 Å². The highest BCUT2D eigenvalue weighted by atomic mass is 32.1. The van der Waals surface area contributed by atoms with Gasteiger partial charge in [-0.1, -0.05) is 18.3 Å². The second-order valence-corrected chi connectivity index (χ2v) is 10.0. The summed E-state index contributed by atoms with van der Waals surface area (Å²) in [5.74, 6) is -0.309. The van der Waals surface area contributed by atoms with Gasteiger partial charge in [-0.05, 0) is 81.8 Å². The lowest BCUT2D eigenvalue weighted by molar-refractivity contribution is 0.0340. The Balaban J connectivity index is 1.36. The number of carbonyl (C=O) groups is 1. The van der Waals surface area contributed by atoms with Crippen molar-refractivity contribution in [3.8, 4) is 0 Å². The Hall–Kier alpha value is -3.50. The van der Waals surface area contributed by atoms with Gasteiger partial charge in [0.15, 0.2) is 0 Å². The molecular weight excluding hydrogens is 492 g/mol. The van der Waals surface area contributed by atoms with E-state index in [1.165, 1.54) is 28.4 Å². The Morgan fingerprint density at radius 3 is 1.97 bits per heavy atom. The van der Waals surface area contributed by atoms with Crippen LogP contribution in [0.1, 0.15) is 43.8 Å². The molecule has 0 saturated carbocycles. The van der Waals surface area contributed by atoms with E-state index in [1.807, 2.05) is 50.2 Å². The minimum atomic E-state index is -0.309. The van der Waals surface area contributed by atoms with Crippen LogP contribution >= 0.6 is 22.7 Å². The van der Waals surface area contributed by atoms with Crippen LogP contribution in [0.15, 0.2) is 75.1 Å². The molecule has 10 heteroatoms. The van der Waals surface area contributed by atoms with Crippen molar-refractivity contribution >= 4 is 66.1 Å². The number of carbonyl (C=O) groups excluding carboxylic acids is 1. The molecular formula is C26H28N6O2S2. The predicted molar refractivity (Wildman–Crippen MR) is 147 cm³/mol. The van der Waals surface area contributed by atoms with Gasteiger partial charge in [-0.3, -0.25) is 0 Å². The third-order valence-corrected chi connectivity index (χ3v) is 7.55. The Morgan fingerprint density at radius 2 is 1.44 bits per heavy atom. The molecule has 0 radical (unpaired) electrons. The first-order valence-electron chi connectivity index (χ1n) is 11.9. The number of thiophene rings is 1. The summed E-state index contributed by atoms with van der Waals surface area (Å²) < 4.78 is 6.28. The fourth-order valence-electron chi connectivity index (χ4n) is 3.31. The molecule has 36 heavy (non-hydrogen) atoms. The number of benzene rings is 2. The molecule has 0 amide bonds. The third-order valence-electron chi connectivity index (χ3n) is 5.52. The molecule has 4 rings (SSSR count). The summed E-state index contributed by atoms with van der Waals surface area (Å²) in [4.78, 5) is 20.3. The van der Waals surface area contributed by atoms with E-state index in [-0.39, 0.29) is 12.1 Å². The lowest BCUT2D eigenvalue weighted by atomic mass is 10.2. The number of nitrogens with zero attached hydrogens (tertiary/aromatic N) is 6. The van der Waals surface area contributed by atoms with Crippen molar-refractivity contribution in [1.29, 1.82) is 0 Å². The number of anilines is 1. The van der Waals surface area contributed by atoms with Crippen molar-refractivity contribution in [2.45, 2.75) is 40.2 Å². The van der Waals surface area contributed by atoms with Crippen LogP contribution in [0, 0.1) is 0 Å². The van der Waals surface area contributed by atoms with Crippen LogP contribution in [0.3, 0.4) is 0 Å². The first kappa shape index (κ1) is 25.6.